The van der Waals surface area contributed by atoms with E-state index in [-0.39, 0.29) is 0 Å². The van der Waals surface area contributed by atoms with Crippen LogP contribution in [0.1, 0.15) is 0 Å². The SMILES string of the molecule is c1ccc(-c2ccc(-c3c4ccccc4c(-c4cc5ccccc5cc4-c4ccccc4)c4ccc(-c5ccc6ccccc6c5)cc34)cc2)cc1. The zero-order chi connectivity index (χ0) is 34.4. The van der Waals surface area contributed by atoms with E-state index in [1.165, 1.54) is 98.7 Å². The molecule has 242 valence electrons. The van der Waals surface area contributed by atoms with Crippen LogP contribution < -0.4 is 0 Å². The van der Waals surface area contributed by atoms with Gasteiger partial charge in [0.05, 0.1) is 0 Å². The van der Waals surface area contributed by atoms with E-state index in [2.05, 4.69) is 206 Å². The van der Waals surface area contributed by atoms with E-state index in [4.69, 9.17) is 0 Å². The third-order valence-corrected chi connectivity index (χ3v) is 10.6. The molecular formula is C52H34. The molecule has 0 saturated heterocycles. The fourth-order valence-electron chi connectivity index (χ4n) is 8.09. The summed E-state index contributed by atoms with van der Waals surface area (Å²) in [5, 5.41) is 9.99. The highest BCUT2D eigenvalue weighted by Gasteiger charge is 2.20. The fourth-order valence-corrected chi connectivity index (χ4v) is 8.09. The second kappa shape index (κ2) is 12.5. The monoisotopic (exact) mass is 658 g/mol. The lowest BCUT2D eigenvalue weighted by Crippen LogP contribution is -1.94. The molecule has 0 heteroatoms. The zero-order valence-corrected chi connectivity index (χ0v) is 28.6. The summed E-state index contributed by atoms with van der Waals surface area (Å²) >= 11 is 0. The molecular weight excluding hydrogens is 625 g/mol. The minimum absolute atomic E-state index is 1.21. The lowest BCUT2D eigenvalue weighted by molar-refractivity contribution is 1.60. The van der Waals surface area contributed by atoms with Crippen LogP contribution in [0, 0.1) is 0 Å². The number of benzene rings is 10. The minimum atomic E-state index is 1.21. The molecule has 0 aromatic heterocycles. The van der Waals surface area contributed by atoms with Crippen molar-refractivity contribution in [1.82, 2.24) is 0 Å². The first-order valence-electron chi connectivity index (χ1n) is 18.0. The Morgan fingerprint density at radius 3 is 1.33 bits per heavy atom. The third-order valence-electron chi connectivity index (χ3n) is 10.6. The molecule has 0 heterocycles. The van der Waals surface area contributed by atoms with Gasteiger partial charge in [-0.15, -0.1) is 0 Å². The van der Waals surface area contributed by atoms with Gasteiger partial charge in [0.25, 0.3) is 0 Å². The van der Waals surface area contributed by atoms with Crippen molar-refractivity contribution in [1.29, 1.82) is 0 Å². The topological polar surface area (TPSA) is 0 Å². The highest BCUT2D eigenvalue weighted by atomic mass is 14.2. The molecule has 0 nitrogen and oxygen atoms in total. The van der Waals surface area contributed by atoms with Gasteiger partial charge >= 0.3 is 0 Å². The van der Waals surface area contributed by atoms with Gasteiger partial charge in [-0.3, -0.25) is 0 Å². The van der Waals surface area contributed by atoms with Crippen LogP contribution in [0.25, 0.3) is 98.7 Å². The van der Waals surface area contributed by atoms with Gasteiger partial charge < -0.3 is 0 Å². The maximum absolute atomic E-state index is 2.43. The quantitative estimate of drug-likeness (QED) is 0.161. The van der Waals surface area contributed by atoms with Crippen LogP contribution >= 0.6 is 0 Å². The molecule has 0 amide bonds. The summed E-state index contributed by atoms with van der Waals surface area (Å²) in [6.07, 6.45) is 0. The second-order valence-corrected chi connectivity index (χ2v) is 13.7. The van der Waals surface area contributed by atoms with Crippen molar-refractivity contribution in [3.05, 3.63) is 206 Å². The molecule has 0 fully saturated rings. The lowest BCUT2D eigenvalue weighted by atomic mass is 9.82. The van der Waals surface area contributed by atoms with Gasteiger partial charge in [-0.1, -0.05) is 182 Å². The van der Waals surface area contributed by atoms with Crippen LogP contribution in [0.4, 0.5) is 0 Å². The van der Waals surface area contributed by atoms with Crippen LogP contribution in [-0.2, 0) is 0 Å². The molecule has 0 unspecified atom stereocenters. The van der Waals surface area contributed by atoms with E-state index in [0.717, 1.165) is 0 Å². The summed E-state index contributed by atoms with van der Waals surface area (Å²) in [5.41, 5.74) is 12.3. The van der Waals surface area contributed by atoms with Crippen molar-refractivity contribution in [2.45, 2.75) is 0 Å². The van der Waals surface area contributed by atoms with Gasteiger partial charge in [0, 0.05) is 0 Å². The van der Waals surface area contributed by atoms with E-state index in [1.807, 2.05) is 0 Å². The van der Waals surface area contributed by atoms with Crippen molar-refractivity contribution in [2.24, 2.45) is 0 Å². The third kappa shape index (κ3) is 5.16. The van der Waals surface area contributed by atoms with Gasteiger partial charge in [0.2, 0.25) is 0 Å². The smallest absolute Gasteiger partial charge is 0.00199 e. The van der Waals surface area contributed by atoms with Gasteiger partial charge in [-0.05, 0) is 123 Å². The maximum atomic E-state index is 2.43. The van der Waals surface area contributed by atoms with E-state index in [9.17, 15) is 0 Å². The Balaban J connectivity index is 1.30. The molecule has 0 N–H and O–H groups in total. The van der Waals surface area contributed by atoms with Crippen LogP contribution in [0.3, 0.4) is 0 Å². The average Bonchev–Trinajstić information content (AvgIpc) is 3.22. The second-order valence-electron chi connectivity index (χ2n) is 13.7. The summed E-state index contributed by atoms with van der Waals surface area (Å²) in [7, 11) is 0. The lowest BCUT2D eigenvalue weighted by Gasteiger charge is -2.21. The molecule has 0 atom stereocenters. The van der Waals surface area contributed by atoms with Gasteiger partial charge in [-0.2, -0.15) is 0 Å². The number of hydrogen-bond acceptors (Lipinski definition) is 0. The van der Waals surface area contributed by atoms with E-state index < -0.39 is 0 Å². The first-order chi connectivity index (χ1) is 25.8. The average molecular weight is 659 g/mol. The highest BCUT2D eigenvalue weighted by Crippen LogP contribution is 2.48. The summed E-state index contributed by atoms with van der Waals surface area (Å²) in [6, 6.07) is 75.7. The number of fused-ring (bicyclic) bond motifs is 4. The Hall–Kier alpha value is -6.76. The molecule has 0 aliphatic heterocycles. The predicted molar refractivity (Wildman–Crippen MR) is 224 cm³/mol. The molecule has 0 radical (unpaired) electrons. The minimum Gasteiger partial charge on any atom is -0.0622 e. The zero-order valence-electron chi connectivity index (χ0n) is 28.6. The van der Waals surface area contributed by atoms with E-state index in [0.29, 0.717) is 0 Å². The molecule has 10 aromatic rings. The van der Waals surface area contributed by atoms with Gasteiger partial charge in [-0.25, -0.2) is 0 Å². The van der Waals surface area contributed by atoms with Crippen LogP contribution in [0.15, 0.2) is 206 Å². The number of hydrogen-bond donors (Lipinski definition) is 0. The highest BCUT2D eigenvalue weighted by molar-refractivity contribution is 6.23. The summed E-state index contributed by atoms with van der Waals surface area (Å²) in [5.74, 6) is 0. The molecule has 0 aliphatic rings. The van der Waals surface area contributed by atoms with Crippen molar-refractivity contribution in [3.63, 3.8) is 0 Å². The Kier molecular flexibility index (Phi) is 7.25. The van der Waals surface area contributed by atoms with Crippen LogP contribution in [0.5, 0.6) is 0 Å². The molecule has 0 bridgehead atoms. The normalized spacial score (nSPS) is 11.5. The van der Waals surface area contributed by atoms with Crippen LogP contribution in [-0.4, -0.2) is 0 Å². The largest absolute Gasteiger partial charge is 0.0622 e. The van der Waals surface area contributed by atoms with E-state index in [1.54, 1.807) is 0 Å². The Morgan fingerprint density at radius 2 is 0.635 bits per heavy atom. The first-order valence-corrected chi connectivity index (χ1v) is 18.0. The molecule has 10 aromatic carbocycles. The molecule has 52 heavy (non-hydrogen) atoms. The van der Waals surface area contributed by atoms with Gasteiger partial charge in [0.15, 0.2) is 0 Å². The molecule has 0 saturated carbocycles. The van der Waals surface area contributed by atoms with E-state index >= 15 is 0 Å². The molecule has 0 spiro atoms. The molecule has 0 aliphatic carbocycles. The van der Waals surface area contributed by atoms with Crippen molar-refractivity contribution < 1.29 is 0 Å². The van der Waals surface area contributed by atoms with Crippen LogP contribution in [0.2, 0.25) is 0 Å². The molecule has 10 rings (SSSR count). The predicted octanol–water partition coefficient (Wildman–Crippen LogP) is 14.6. The summed E-state index contributed by atoms with van der Waals surface area (Å²) in [6.45, 7) is 0. The fraction of sp³-hybridized carbons (Fsp3) is 0. The summed E-state index contributed by atoms with van der Waals surface area (Å²) in [4.78, 5) is 0. The van der Waals surface area contributed by atoms with Crippen molar-refractivity contribution in [3.8, 4) is 55.6 Å². The van der Waals surface area contributed by atoms with Gasteiger partial charge in [0.1, 0.15) is 0 Å². The Morgan fingerprint density at radius 1 is 0.192 bits per heavy atom. The maximum Gasteiger partial charge on any atom is -0.00199 e. The summed E-state index contributed by atoms with van der Waals surface area (Å²) < 4.78 is 0. The number of rotatable bonds is 5. The Labute approximate surface area is 303 Å². The first kappa shape index (κ1) is 30.1. The Bertz CT molecular complexity index is 2920. The van der Waals surface area contributed by atoms with Crippen molar-refractivity contribution in [2.75, 3.05) is 0 Å². The standard InChI is InChI=1S/C52H34/c1-3-13-35(14-4-1)37-23-26-39(27-24-37)51-45-21-11-12-22-46(45)52(50-33-42-20-10-9-19-41(42)32-48(50)38-16-5-2-6-17-38)47-30-29-44(34-49(47)51)43-28-25-36-15-7-8-18-40(36)31-43/h1-34H. The van der Waals surface area contributed by atoms with Crippen molar-refractivity contribution >= 4 is 43.1 Å².